The molecule has 0 spiro atoms. The highest BCUT2D eigenvalue weighted by atomic mass is 15.1. The van der Waals surface area contributed by atoms with Gasteiger partial charge in [0.1, 0.15) is 5.69 Å². The van der Waals surface area contributed by atoms with Gasteiger partial charge in [0.2, 0.25) is 0 Å². The molecule has 0 aromatic carbocycles. The molecule has 3 nitrogen and oxygen atoms in total. The molecule has 1 aromatic rings. The van der Waals surface area contributed by atoms with E-state index in [2.05, 4.69) is 21.8 Å². The van der Waals surface area contributed by atoms with Crippen molar-refractivity contribution < 1.29 is 0 Å². The first kappa shape index (κ1) is 16.1. The Morgan fingerprint density at radius 3 is 2.27 bits per heavy atom. The molecule has 1 aromatic heterocycles. The van der Waals surface area contributed by atoms with E-state index in [1.165, 1.54) is 0 Å². The summed E-state index contributed by atoms with van der Waals surface area (Å²) >= 11 is 0. The van der Waals surface area contributed by atoms with E-state index in [1.54, 1.807) is 12.3 Å². The molecule has 3 heteroatoms. The standard InChI is InChI=1S/C8H11N3.2C2H6/c1-4-7-8(5-9-11-7)10-6(2)3;2*1-2/h4-5H,1H2,2-3H3,(H,9,11);2*1-2H3. The molecule has 0 radical (unpaired) electrons. The van der Waals surface area contributed by atoms with Crippen LogP contribution in [-0.4, -0.2) is 15.9 Å². The second-order valence-corrected chi connectivity index (χ2v) is 2.43. The number of nitrogens with zero attached hydrogens (tertiary/aromatic N) is 2. The number of rotatable bonds is 2. The average Bonchev–Trinajstić information content (AvgIpc) is 2.70. The largest absolute Gasteiger partial charge is 0.276 e. The predicted molar refractivity (Wildman–Crippen MR) is 69.8 cm³/mol. The first-order valence-electron chi connectivity index (χ1n) is 5.41. The summed E-state index contributed by atoms with van der Waals surface area (Å²) in [7, 11) is 0. The Morgan fingerprint density at radius 1 is 1.33 bits per heavy atom. The monoisotopic (exact) mass is 209 g/mol. The third-order valence-electron chi connectivity index (χ3n) is 1.20. The molecule has 0 atom stereocenters. The summed E-state index contributed by atoms with van der Waals surface area (Å²) in [5.41, 5.74) is 2.72. The molecule has 0 unspecified atom stereocenters. The van der Waals surface area contributed by atoms with Crippen LogP contribution in [0.2, 0.25) is 0 Å². The Hall–Kier alpha value is -1.38. The minimum absolute atomic E-state index is 0.847. The van der Waals surface area contributed by atoms with Crippen LogP contribution in [0.1, 0.15) is 47.2 Å². The lowest BCUT2D eigenvalue weighted by Gasteiger charge is -1.90. The molecule has 0 fully saturated rings. The van der Waals surface area contributed by atoms with Gasteiger partial charge in [0.15, 0.2) is 0 Å². The average molecular weight is 209 g/mol. The highest BCUT2D eigenvalue weighted by Gasteiger charge is 1.97. The molecule has 86 valence electrons. The van der Waals surface area contributed by atoms with E-state index < -0.39 is 0 Å². The van der Waals surface area contributed by atoms with E-state index in [0.29, 0.717) is 0 Å². The van der Waals surface area contributed by atoms with Gasteiger partial charge in [-0.25, -0.2) is 0 Å². The van der Waals surface area contributed by atoms with Crippen molar-refractivity contribution in [2.45, 2.75) is 41.5 Å². The van der Waals surface area contributed by atoms with Crippen LogP contribution in [-0.2, 0) is 0 Å². The summed E-state index contributed by atoms with van der Waals surface area (Å²) in [6.45, 7) is 15.5. The molecule has 0 amide bonds. The van der Waals surface area contributed by atoms with Gasteiger partial charge in [-0.2, -0.15) is 5.10 Å². The van der Waals surface area contributed by atoms with E-state index in [9.17, 15) is 0 Å². The third kappa shape index (κ3) is 6.66. The summed E-state index contributed by atoms with van der Waals surface area (Å²) in [5.74, 6) is 0. The third-order valence-corrected chi connectivity index (χ3v) is 1.20. The van der Waals surface area contributed by atoms with Crippen molar-refractivity contribution in [1.29, 1.82) is 0 Å². The van der Waals surface area contributed by atoms with Gasteiger partial charge in [-0.15, -0.1) is 0 Å². The fourth-order valence-electron chi connectivity index (χ4n) is 0.770. The van der Waals surface area contributed by atoms with Gasteiger partial charge in [-0.3, -0.25) is 10.1 Å². The fraction of sp³-hybridized carbons (Fsp3) is 0.500. The second-order valence-electron chi connectivity index (χ2n) is 2.43. The Morgan fingerprint density at radius 2 is 1.87 bits per heavy atom. The highest BCUT2D eigenvalue weighted by molar-refractivity contribution is 5.83. The van der Waals surface area contributed by atoms with Gasteiger partial charge in [-0.1, -0.05) is 34.3 Å². The lowest BCUT2D eigenvalue weighted by molar-refractivity contribution is 1.08. The molecule has 0 saturated heterocycles. The number of aromatic amines is 1. The summed E-state index contributed by atoms with van der Waals surface area (Å²) in [6.07, 6.45) is 3.39. The van der Waals surface area contributed by atoms with Crippen molar-refractivity contribution in [1.82, 2.24) is 10.2 Å². The lowest BCUT2D eigenvalue weighted by atomic mass is 10.3. The Bertz CT molecular complexity index is 281. The molecule has 1 N–H and O–H groups in total. The maximum absolute atomic E-state index is 4.24. The summed E-state index contributed by atoms with van der Waals surface area (Å²) < 4.78 is 0. The smallest absolute Gasteiger partial charge is 0.108 e. The molecule has 1 rings (SSSR count). The maximum Gasteiger partial charge on any atom is 0.108 e. The second kappa shape index (κ2) is 10.7. The van der Waals surface area contributed by atoms with E-state index in [4.69, 9.17) is 0 Å². The summed E-state index contributed by atoms with van der Waals surface area (Å²) in [5, 5.41) is 6.63. The van der Waals surface area contributed by atoms with Crippen molar-refractivity contribution in [3.05, 3.63) is 18.5 Å². The molecule has 0 bridgehead atoms. The van der Waals surface area contributed by atoms with Crippen LogP contribution in [0, 0.1) is 0 Å². The van der Waals surface area contributed by atoms with Crippen LogP contribution < -0.4 is 0 Å². The van der Waals surface area contributed by atoms with Gasteiger partial charge in [0.25, 0.3) is 0 Å². The van der Waals surface area contributed by atoms with Crippen molar-refractivity contribution >= 4 is 17.5 Å². The quantitative estimate of drug-likeness (QED) is 0.728. The molecular weight excluding hydrogens is 186 g/mol. The number of hydrogen-bond acceptors (Lipinski definition) is 2. The van der Waals surface area contributed by atoms with E-state index in [1.807, 2.05) is 41.5 Å². The van der Waals surface area contributed by atoms with Crippen molar-refractivity contribution in [3.63, 3.8) is 0 Å². The molecule has 0 aliphatic heterocycles. The zero-order valence-corrected chi connectivity index (χ0v) is 10.8. The molecular formula is C12H23N3. The van der Waals surface area contributed by atoms with Crippen LogP contribution >= 0.6 is 0 Å². The van der Waals surface area contributed by atoms with Crippen LogP contribution in [0.25, 0.3) is 6.08 Å². The number of nitrogens with one attached hydrogen (secondary N) is 1. The zero-order valence-electron chi connectivity index (χ0n) is 10.8. The van der Waals surface area contributed by atoms with Crippen molar-refractivity contribution in [3.8, 4) is 0 Å². The Kier molecular flexibility index (Phi) is 11.5. The van der Waals surface area contributed by atoms with Crippen LogP contribution in [0.5, 0.6) is 0 Å². The minimum Gasteiger partial charge on any atom is -0.276 e. The summed E-state index contributed by atoms with van der Waals surface area (Å²) in [6, 6.07) is 0. The van der Waals surface area contributed by atoms with Gasteiger partial charge in [0.05, 0.1) is 11.9 Å². The Labute approximate surface area is 93.3 Å². The molecule has 1 heterocycles. The number of H-pyrrole nitrogens is 1. The topological polar surface area (TPSA) is 41.0 Å². The van der Waals surface area contributed by atoms with Gasteiger partial charge in [-0.05, 0) is 19.9 Å². The summed E-state index contributed by atoms with van der Waals surface area (Å²) in [4.78, 5) is 4.24. The van der Waals surface area contributed by atoms with E-state index >= 15 is 0 Å². The van der Waals surface area contributed by atoms with Crippen molar-refractivity contribution in [2.75, 3.05) is 0 Å². The number of aromatic nitrogens is 2. The maximum atomic E-state index is 4.24. The predicted octanol–water partition coefficient (Wildman–Crippen LogP) is 4.22. The highest BCUT2D eigenvalue weighted by Crippen LogP contribution is 2.16. The molecule has 15 heavy (non-hydrogen) atoms. The van der Waals surface area contributed by atoms with E-state index in [0.717, 1.165) is 17.1 Å². The molecule has 0 saturated carbocycles. The zero-order chi connectivity index (χ0) is 12.3. The first-order chi connectivity index (χ1) is 7.24. The van der Waals surface area contributed by atoms with Gasteiger partial charge >= 0.3 is 0 Å². The fourth-order valence-corrected chi connectivity index (χ4v) is 0.770. The number of hydrogen-bond donors (Lipinski definition) is 1. The first-order valence-corrected chi connectivity index (χ1v) is 5.41. The normalized spacial score (nSPS) is 7.60. The van der Waals surface area contributed by atoms with Gasteiger partial charge < -0.3 is 0 Å². The van der Waals surface area contributed by atoms with E-state index in [-0.39, 0.29) is 0 Å². The SMILES string of the molecule is C=Cc1[nH]ncc1N=C(C)C.CC.CC. The van der Waals surface area contributed by atoms with Crippen molar-refractivity contribution in [2.24, 2.45) is 4.99 Å². The van der Waals surface area contributed by atoms with Crippen LogP contribution in [0.4, 0.5) is 5.69 Å². The number of aliphatic imine (C=N–C) groups is 1. The Balaban J connectivity index is 0. The van der Waals surface area contributed by atoms with Gasteiger partial charge in [0, 0.05) is 5.71 Å². The lowest BCUT2D eigenvalue weighted by Crippen LogP contribution is -1.78. The molecule has 0 aliphatic rings. The van der Waals surface area contributed by atoms with Crippen LogP contribution in [0.15, 0.2) is 17.8 Å². The van der Waals surface area contributed by atoms with Crippen LogP contribution in [0.3, 0.4) is 0 Å². The minimum atomic E-state index is 0.847. The molecule has 0 aliphatic carbocycles.